The number of nitrogens with two attached hydrogens (primary N) is 1. The predicted molar refractivity (Wildman–Crippen MR) is 87.9 cm³/mol. The fraction of sp³-hybridized carbons (Fsp3) is 0.471. The smallest absolute Gasteiger partial charge is 0.0953 e. The highest BCUT2D eigenvalue weighted by Gasteiger charge is 2.08. The average molecular weight is 271 g/mol. The van der Waals surface area contributed by atoms with Crippen molar-refractivity contribution in [3.63, 3.8) is 0 Å². The van der Waals surface area contributed by atoms with Crippen LogP contribution in [0.4, 0.5) is 11.4 Å². The van der Waals surface area contributed by atoms with Gasteiger partial charge in [-0.1, -0.05) is 26.7 Å². The Hall–Kier alpha value is -1.77. The van der Waals surface area contributed by atoms with E-state index in [1.54, 1.807) is 0 Å². The van der Waals surface area contributed by atoms with Gasteiger partial charge in [0.2, 0.25) is 0 Å². The zero-order valence-corrected chi connectivity index (χ0v) is 12.7. The normalized spacial score (nSPS) is 12.8. The molecule has 0 fully saturated rings. The van der Waals surface area contributed by atoms with Crippen LogP contribution in [0.15, 0.2) is 30.5 Å². The van der Waals surface area contributed by atoms with E-state index >= 15 is 0 Å². The standard InChI is InChI=1S/C17H25N3/c1-12(2)6-4-7-13(3)20-16-10-9-15(18)14-8-5-11-19-17(14)16/h5,8-13,20H,4,6-7,18H2,1-3H3. The molecule has 1 aromatic heterocycles. The molecule has 1 atom stereocenters. The largest absolute Gasteiger partial charge is 0.398 e. The van der Waals surface area contributed by atoms with Crippen LogP contribution in [-0.4, -0.2) is 11.0 Å². The Morgan fingerprint density at radius 2 is 1.95 bits per heavy atom. The number of nitrogens with zero attached hydrogens (tertiary/aromatic N) is 1. The third-order valence-corrected chi connectivity index (χ3v) is 3.62. The number of benzene rings is 1. The lowest BCUT2D eigenvalue weighted by molar-refractivity contribution is 0.520. The van der Waals surface area contributed by atoms with Crippen LogP contribution in [0, 0.1) is 5.92 Å². The van der Waals surface area contributed by atoms with Crippen molar-refractivity contribution in [3.05, 3.63) is 30.5 Å². The van der Waals surface area contributed by atoms with Crippen LogP contribution in [0.3, 0.4) is 0 Å². The fourth-order valence-electron chi connectivity index (χ4n) is 2.48. The van der Waals surface area contributed by atoms with E-state index in [0.717, 1.165) is 28.2 Å². The first-order valence-corrected chi connectivity index (χ1v) is 7.47. The van der Waals surface area contributed by atoms with Crippen molar-refractivity contribution < 1.29 is 0 Å². The molecule has 0 amide bonds. The zero-order chi connectivity index (χ0) is 14.5. The summed E-state index contributed by atoms with van der Waals surface area (Å²) >= 11 is 0. The second kappa shape index (κ2) is 6.60. The Labute approximate surface area is 121 Å². The maximum Gasteiger partial charge on any atom is 0.0953 e. The van der Waals surface area contributed by atoms with Gasteiger partial charge in [-0.2, -0.15) is 0 Å². The number of nitrogens with one attached hydrogen (secondary N) is 1. The number of anilines is 2. The molecule has 0 spiro atoms. The number of hydrogen-bond acceptors (Lipinski definition) is 3. The molecule has 0 saturated heterocycles. The quantitative estimate of drug-likeness (QED) is 0.763. The number of pyridine rings is 1. The molecule has 2 aromatic rings. The Morgan fingerprint density at radius 3 is 2.70 bits per heavy atom. The molecule has 0 bridgehead atoms. The third kappa shape index (κ3) is 3.62. The molecule has 0 radical (unpaired) electrons. The highest BCUT2D eigenvalue weighted by atomic mass is 14.9. The maximum atomic E-state index is 6.00. The number of hydrogen-bond donors (Lipinski definition) is 2. The molecule has 0 aliphatic heterocycles. The molecule has 3 nitrogen and oxygen atoms in total. The van der Waals surface area contributed by atoms with Crippen LogP contribution in [0.25, 0.3) is 10.9 Å². The molecule has 3 N–H and O–H groups in total. The van der Waals surface area contributed by atoms with Gasteiger partial charge in [0.1, 0.15) is 0 Å². The van der Waals surface area contributed by atoms with E-state index in [-0.39, 0.29) is 0 Å². The van der Waals surface area contributed by atoms with Crippen LogP contribution in [0.2, 0.25) is 0 Å². The molecule has 1 unspecified atom stereocenters. The van der Waals surface area contributed by atoms with Crippen molar-refractivity contribution in [1.82, 2.24) is 4.98 Å². The highest BCUT2D eigenvalue weighted by Crippen LogP contribution is 2.27. The van der Waals surface area contributed by atoms with E-state index < -0.39 is 0 Å². The number of fused-ring (bicyclic) bond motifs is 1. The summed E-state index contributed by atoms with van der Waals surface area (Å²) in [6.45, 7) is 6.77. The van der Waals surface area contributed by atoms with E-state index in [1.807, 2.05) is 30.5 Å². The van der Waals surface area contributed by atoms with Crippen LogP contribution in [0.5, 0.6) is 0 Å². The highest BCUT2D eigenvalue weighted by molar-refractivity contribution is 5.98. The molecule has 2 rings (SSSR count). The Kier molecular flexibility index (Phi) is 4.83. The summed E-state index contributed by atoms with van der Waals surface area (Å²) in [5.74, 6) is 0.779. The van der Waals surface area contributed by atoms with Crippen molar-refractivity contribution in [1.29, 1.82) is 0 Å². The van der Waals surface area contributed by atoms with Gasteiger partial charge in [0.25, 0.3) is 0 Å². The van der Waals surface area contributed by atoms with Gasteiger partial charge in [-0.3, -0.25) is 4.98 Å². The average Bonchev–Trinajstić information content (AvgIpc) is 2.42. The van der Waals surface area contributed by atoms with Gasteiger partial charge in [0.15, 0.2) is 0 Å². The summed E-state index contributed by atoms with van der Waals surface area (Å²) < 4.78 is 0. The van der Waals surface area contributed by atoms with E-state index in [0.29, 0.717) is 6.04 Å². The van der Waals surface area contributed by atoms with E-state index in [1.165, 1.54) is 19.3 Å². The fourth-order valence-corrected chi connectivity index (χ4v) is 2.48. The molecular weight excluding hydrogens is 246 g/mol. The van der Waals surface area contributed by atoms with Crippen LogP contribution in [-0.2, 0) is 0 Å². The van der Waals surface area contributed by atoms with Crippen LogP contribution < -0.4 is 11.1 Å². The molecule has 20 heavy (non-hydrogen) atoms. The van der Waals surface area contributed by atoms with E-state index in [4.69, 9.17) is 5.73 Å². The monoisotopic (exact) mass is 271 g/mol. The number of rotatable bonds is 6. The van der Waals surface area contributed by atoms with Crippen molar-refractivity contribution >= 4 is 22.3 Å². The molecule has 108 valence electrons. The van der Waals surface area contributed by atoms with Gasteiger partial charge in [0, 0.05) is 23.3 Å². The lowest BCUT2D eigenvalue weighted by atomic mass is 10.0. The SMILES string of the molecule is CC(C)CCCC(C)Nc1ccc(N)c2cccnc12. The molecule has 0 aliphatic rings. The molecule has 1 heterocycles. The first-order chi connectivity index (χ1) is 9.58. The van der Waals surface area contributed by atoms with Gasteiger partial charge >= 0.3 is 0 Å². The predicted octanol–water partition coefficient (Wildman–Crippen LogP) is 4.44. The first kappa shape index (κ1) is 14.6. The van der Waals surface area contributed by atoms with E-state index in [2.05, 4.69) is 31.1 Å². The Bertz CT molecular complexity index is 563. The van der Waals surface area contributed by atoms with Gasteiger partial charge in [-0.05, 0) is 43.5 Å². The molecular formula is C17H25N3. The lowest BCUT2D eigenvalue weighted by Crippen LogP contribution is -2.15. The Balaban J connectivity index is 2.08. The van der Waals surface area contributed by atoms with Crippen molar-refractivity contribution in [2.45, 2.75) is 46.1 Å². The van der Waals surface area contributed by atoms with Crippen molar-refractivity contribution in [3.8, 4) is 0 Å². The zero-order valence-electron chi connectivity index (χ0n) is 12.7. The second-order valence-electron chi connectivity index (χ2n) is 5.97. The van der Waals surface area contributed by atoms with Gasteiger partial charge < -0.3 is 11.1 Å². The molecule has 0 aliphatic carbocycles. The minimum atomic E-state index is 0.447. The van der Waals surface area contributed by atoms with Crippen molar-refractivity contribution in [2.24, 2.45) is 5.92 Å². The van der Waals surface area contributed by atoms with Crippen LogP contribution in [0.1, 0.15) is 40.0 Å². The lowest BCUT2D eigenvalue weighted by Gasteiger charge is -2.17. The van der Waals surface area contributed by atoms with Gasteiger partial charge in [-0.15, -0.1) is 0 Å². The first-order valence-electron chi connectivity index (χ1n) is 7.47. The summed E-state index contributed by atoms with van der Waals surface area (Å²) in [4.78, 5) is 4.46. The summed E-state index contributed by atoms with van der Waals surface area (Å²) in [5.41, 5.74) is 8.82. The minimum Gasteiger partial charge on any atom is -0.398 e. The third-order valence-electron chi connectivity index (χ3n) is 3.62. The Morgan fingerprint density at radius 1 is 1.15 bits per heavy atom. The summed E-state index contributed by atoms with van der Waals surface area (Å²) in [7, 11) is 0. The minimum absolute atomic E-state index is 0.447. The summed E-state index contributed by atoms with van der Waals surface area (Å²) in [6.07, 6.45) is 5.53. The number of nitrogen functional groups attached to an aromatic ring is 1. The second-order valence-corrected chi connectivity index (χ2v) is 5.97. The van der Waals surface area contributed by atoms with Crippen molar-refractivity contribution in [2.75, 3.05) is 11.1 Å². The number of aromatic nitrogens is 1. The maximum absolute atomic E-state index is 6.00. The summed E-state index contributed by atoms with van der Waals surface area (Å²) in [5, 5.41) is 4.59. The van der Waals surface area contributed by atoms with Gasteiger partial charge in [-0.25, -0.2) is 0 Å². The van der Waals surface area contributed by atoms with Crippen LogP contribution >= 0.6 is 0 Å². The molecule has 0 saturated carbocycles. The topological polar surface area (TPSA) is 50.9 Å². The van der Waals surface area contributed by atoms with Gasteiger partial charge in [0.05, 0.1) is 11.2 Å². The summed E-state index contributed by atoms with van der Waals surface area (Å²) in [6, 6.07) is 8.38. The van der Waals surface area contributed by atoms with E-state index in [9.17, 15) is 0 Å². The molecule has 3 heteroatoms. The molecule has 1 aromatic carbocycles.